The Morgan fingerprint density at radius 2 is 1.62 bits per heavy atom. The number of hydrogen-bond acceptors (Lipinski definition) is 2. The number of urea groups is 1. The van der Waals surface area contributed by atoms with E-state index in [9.17, 15) is 9.59 Å². The molecule has 2 N–H and O–H groups in total. The number of nitrogens with one attached hydrogen (secondary N) is 2. The molecule has 0 unspecified atom stereocenters. The van der Waals surface area contributed by atoms with Gasteiger partial charge in [0.2, 0.25) is 5.91 Å². The molecule has 5 nitrogen and oxygen atoms in total. The second kappa shape index (κ2) is 6.67. The van der Waals surface area contributed by atoms with Gasteiger partial charge in [0.05, 0.1) is 5.92 Å². The summed E-state index contributed by atoms with van der Waals surface area (Å²) in [5.74, 6) is 1.50. The van der Waals surface area contributed by atoms with Gasteiger partial charge < -0.3 is 15.5 Å². The summed E-state index contributed by atoms with van der Waals surface area (Å²) in [7, 11) is 0. The first-order valence-corrected chi connectivity index (χ1v) is 8.53. The van der Waals surface area contributed by atoms with Crippen molar-refractivity contribution in [3.8, 4) is 0 Å². The van der Waals surface area contributed by atoms with Gasteiger partial charge >= 0.3 is 6.03 Å². The SMILES string of the molecule is O=C(NCC1CC1)[C@H]1CCCN(C(=O)NCC2CCC2)C1. The van der Waals surface area contributed by atoms with Crippen LogP contribution in [0.5, 0.6) is 0 Å². The van der Waals surface area contributed by atoms with Crippen molar-refractivity contribution in [1.82, 2.24) is 15.5 Å². The van der Waals surface area contributed by atoms with Crippen molar-refractivity contribution >= 4 is 11.9 Å². The second-order valence-electron chi connectivity index (χ2n) is 6.96. The number of hydrogen-bond donors (Lipinski definition) is 2. The van der Waals surface area contributed by atoms with Crippen LogP contribution in [-0.4, -0.2) is 43.0 Å². The number of carbonyl (C=O) groups is 2. The number of likely N-dealkylation sites (tertiary alicyclic amines) is 1. The van der Waals surface area contributed by atoms with Gasteiger partial charge in [-0.2, -0.15) is 0 Å². The lowest BCUT2D eigenvalue weighted by Crippen LogP contribution is -2.50. The summed E-state index contributed by atoms with van der Waals surface area (Å²) in [6, 6.07) is 0.0154. The Morgan fingerprint density at radius 1 is 0.905 bits per heavy atom. The van der Waals surface area contributed by atoms with Gasteiger partial charge in [0.15, 0.2) is 0 Å². The highest BCUT2D eigenvalue weighted by Gasteiger charge is 2.30. The van der Waals surface area contributed by atoms with E-state index in [1.54, 1.807) is 0 Å². The summed E-state index contributed by atoms with van der Waals surface area (Å²) in [5, 5.41) is 6.07. The summed E-state index contributed by atoms with van der Waals surface area (Å²) in [5.41, 5.74) is 0. The molecule has 2 aliphatic carbocycles. The molecule has 1 atom stereocenters. The van der Waals surface area contributed by atoms with Gasteiger partial charge in [-0.05, 0) is 50.4 Å². The molecule has 2 saturated carbocycles. The minimum Gasteiger partial charge on any atom is -0.356 e. The first-order valence-electron chi connectivity index (χ1n) is 8.53. The van der Waals surface area contributed by atoms with E-state index in [1.165, 1.54) is 32.1 Å². The largest absolute Gasteiger partial charge is 0.356 e. The van der Waals surface area contributed by atoms with Crippen LogP contribution in [0, 0.1) is 17.8 Å². The van der Waals surface area contributed by atoms with Crippen LogP contribution in [-0.2, 0) is 4.79 Å². The van der Waals surface area contributed by atoms with Crippen molar-refractivity contribution in [3.63, 3.8) is 0 Å². The van der Waals surface area contributed by atoms with Crippen LogP contribution in [0.2, 0.25) is 0 Å². The lowest BCUT2D eigenvalue weighted by atomic mass is 9.85. The quantitative estimate of drug-likeness (QED) is 0.811. The van der Waals surface area contributed by atoms with Crippen LogP contribution in [0.25, 0.3) is 0 Å². The minimum absolute atomic E-state index is 0.0154. The normalized spacial score (nSPS) is 26.1. The average molecular weight is 293 g/mol. The molecule has 0 aromatic carbocycles. The topological polar surface area (TPSA) is 61.4 Å². The van der Waals surface area contributed by atoms with Crippen molar-refractivity contribution < 1.29 is 9.59 Å². The maximum absolute atomic E-state index is 12.2. The Morgan fingerprint density at radius 3 is 2.29 bits per heavy atom. The molecule has 118 valence electrons. The van der Waals surface area contributed by atoms with E-state index in [0.717, 1.165) is 32.5 Å². The molecule has 5 heteroatoms. The number of carbonyl (C=O) groups excluding carboxylic acids is 2. The van der Waals surface area contributed by atoms with E-state index in [2.05, 4.69) is 10.6 Å². The summed E-state index contributed by atoms with van der Waals surface area (Å²) < 4.78 is 0. The van der Waals surface area contributed by atoms with Crippen molar-refractivity contribution in [2.75, 3.05) is 26.2 Å². The van der Waals surface area contributed by atoms with E-state index >= 15 is 0 Å². The van der Waals surface area contributed by atoms with Crippen molar-refractivity contribution in [1.29, 1.82) is 0 Å². The van der Waals surface area contributed by atoms with Crippen LogP contribution in [0.4, 0.5) is 4.79 Å². The minimum atomic E-state index is -0.0213. The second-order valence-corrected chi connectivity index (χ2v) is 6.96. The zero-order valence-corrected chi connectivity index (χ0v) is 12.8. The Labute approximate surface area is 126 Å². The van der Waals surface area contributed by atoms with E-state index < -0.39 is 0 Å². The first-order chi connectivity index (χ1) is 10.2. The molecule has 1 saturated heterocycles. The highest BCUT2D eigenvalue weighted by molar-refractivity contribution is 5.80. The van der Waals surface area contributed by atoms with Crippen LogP contribution >= 0.6 is 0 Å². The molecule has 3 fully saturated rings. The van der Waals surface area contributed by atoms with Crippen LogP contribution in [0.15, 0.2) is 0 Å². The molecule has 3 rings (SSSR count). The van der Waals surface area contributed by atoms with Gasteiger partial charge in [0, 0.05) is 26.2 Å². The molecule has 1 heterocycles. The third-order valence-electron chi connectivity index (χ3n) is 5.11. The fourth-order valence-electron chi connectivity index (χ4n) is 3.13. The number of rotatable bonds is 5. The molecule has 0 aromatic heterocycles. The predicted octanol–water partition coefficient (Wildman–Crippen LogP) is 1.73. The maximum atomic E-state index is 12.2. The molecule has 1 aliphatic heterocycles. The summed E-state index contributed by atoms with van der Waals surface area (Å²) in [6.07, 6.45) is 8.12. The van der Waals surface area contributed by atoms with Gasteiger partial charge in [-0.3, -0.25) is 4.79 Å². The highest BCUT2D eigenvalue weighted by Crippen LogP contribution is 2.28. The maximum Gasteiger partial charge on any atom is 0.317 e. The molecule has 3 aliphatic rings. The Kier molecular flexibility index (Phi) is 4.66. The van der Waals surface area contributed by atoms with Crippen LogP contribution in [0.1, 0.15) is 44.9 Å². The van der Waals surface area contributed by atoms with Gasteiger partial charge in [0.1, 0.15) is 0 Å². The van der Waals surface area contributed by atoms with Crippen LogP contribution in [0.3, 0.4) is 0 Å². The zero-order chi connectivity index (χ0) is 14.7. The van der Waals surface area contributed by atoms with Crippen molar-refractivity contribution in [2.24, 2.45) is 17.8 Å². The molecular weight excluding hydrogens is 266 g/mol. The molecule has 0 radical (unpaired) electrons. The van der Waals surface area contributed by atoms with Gasteiger partial charge in [0.25, 0.3) is 0 Å². The zero-order valence-electron chi connectivity index (χ0n) is 12.8. The molecule has 21 heavy (non-hydrogen) atoms. The Bertz CT molecular complexity index is 391. The number of piperidine rings is 1. The summed E-state index contributed by atoms with van der Waals surface area (Å²) in [6.45, 7) is 2.98. The number of nitrogens with zero attached hydrogens (tertiary/aromatic N) is 1. The Balaban J connectivity index is 1.40. The highest BCUT2D eigenvalue weighted by atomic mass is 16.2. The van der Waals surface area contributed by atoms with Gasteiger partial charge in [-0.15, -0.1) is 0 Å². The van der Waals surface area contributed by atoms with E-state index in [4.69, 9.17) is 0 Å². The van der Waals surface area contributed by atoms with E-state index in [-0.39, 0.29) is 17.9 Å². The Hall–Kier alpha value is -1.26. The number of amides is 3. The molecule has 0 bridgehead atoms. The van der Waals surface area contributed by atoms with Crippen molar-refractivity contribution in [3.05, 3.63) is 0 Å². The first kappa shape index (κ1) is 14.7. The van der Waals surface area contributed by atoms with Crippen LogP contribution < -0.4 is 10.6 Å². The lowest BCUT2D eigenvalue weighted by molar-refractivity contribution is -0.126. The van der Waals surface area contributed by atoms with Crippen molar-refractivity contribution in [2.45, 2.75) is 44.9 Å². The smallest absolute Gasteiger partial charge is 0.317 e. The fraction of sp³-hybridized carbons (Fsp3) is 0.875. The molecule has 0 aromatic rings. The van der Waals surface area contributed by atoms with E-state index in [0.29, 0.717) is 18.4 Å². The standard InChI is InChI=1S/C16H27N3O2/c20-15(17-9-13-6-7-13)14-5-2-8-19(11-14)16(21)18-10-12-3-1-4-12/h12-14H,1-11H2,(H,17,20)(H,18,21)/t14-/m0/s1. The lowest BCUT2D eigenvalue weighted by Gasteiger charge is -2.33. The third kappa shape index (κ3) is 4.11. The van der Waals surface area contributed by atoms with Gasteiger partial charge in [-0.1, -0.05) is 6.42 Å². The molecule has 0 spiro atoms. The third-order valence-corrected chi connectivity index (χ3v) is 5.11. The molecule has 3 amide bonds. The predicted molar refractivity (Wildman–Crippen MR) is 80.8 cm³/mol. The van der Waals surface area contributed by atoms with E-state index in [1.807, 2.05) is 4.90 Å². The summed E-state index contributed by atoms with van der Waals surface area (Å²) >= 11 is 0. The fourth-order valence-corrected chi connectivity index (χ4v) is 3.13. The average Bonchev–Trinajstić information content (AvgIpc) is 3.27. The van der Waals surface area contributed by atoms with Gasteiger partial charge in [-0.25, -0.2) is 4.79 Å². The summed E-state index contributed by atoms with van der Waals surface area (Å²) in [4.78, 5) is 26.1. The molecular formula is C16H27N3O2. The monoisotopic (exact) mass is 293 g/mol.